The highest BCUT2D eigenvalue weighted by Gasteiger charge is 2.24. The summed E-state index contributed by atoms with van der Waals surface area (Å²) in [5.41, 5.74) is 6.59. The molecule has 2 fully saturated rings. The van der Waals surface area contributed by atoms with Crippen LogP contribution in [0.15, 0.2) is 30.3 Å². The fourth-order valence-corrected chi connectivity index (χ4v) is 4.34. The SMILES string of the molecule is NC(=O)CCN1CCC[C@H](CCC(=O)N2CCN(Cc3ccccc3)CC2)C1. The van der Waals surface area contributed by atoms with Crippen LogP contribution in [0.4, 0.5) is 0 Å². The summed E-state index contributed by atoms with van der Waals surface area (Å²) in [6.45, 7) is 7.32. The van der Waals surface area contributed by atoms with Crippen molar-refractivity contribution in [2.75, 3.05) is 45.8 Å². The molecule has 2 amide bonds. The van der Waals surface area contributed by atoms with Gasteiger partial charge in [0.2, 0.25) is 11.8 Å². The average Bonchev–Trinajstić information content (AvgIpc) is 2.72. The number of rotatable bonds is 8. The third kappa shape index (κ3) is 6.60. The van der Waals surface area contributed by atoms with E-state index in [9.17, 15) is 9.59 Å². The Labute approximate surface area is 168 Å². The molecule has 0 radical (unpaired) electrons. The molecule has 2 saturated heterocycles. The number of primary amides is 1. The van der Waals surface area contributed by atoms with Gasteiger partial charge in [0.15, 0.2) is 0 Å². The number of benzene rings is 1. The Bertz CT molecular complexity index is 629. The summed E-state index contributed by atoms with van der Waals surface area (Å²) < 4.78 is 0. The van der Waals surface area contributed by atoms with E-state index in [1.54, 1.807) is 0 Å². The molecule has 2 aliphatic rings. The predicted octanol–water partition coefficient (Wildman–Crippen LogP) is 1.70. The monoisotopic (exact) mass is 386 g/mol. The molecule has 0 unspecified atom stereocenters. The molecule has 3 rings (SSSR count). The molecule has 0 bridgehead atoms. The molecule has 2 N–H and O–H groups in total. The molecular weight excluding hydrogens is 352 g/mol. The second kappa shape index (κ2) is 10.6. The first-order chi connectivity index (χ1) is 13.6. The van der Waals surface area contributed by atoms with Gasteiger partial charge in [-0.15, -0.1) is 0 Å². The Morgan fingerprint density at radius 1 is 0.964 bits per heavy atom. The first-order valence-corrected chi connectivity index (χ1v) is 10.6. The van der Waals surface area contributed by atoms with E-state index in [1.165, 1.54) is 12.0 Å². The number of carbonyl (C=O) groups excluding carboxylic acids is 2. The van der Waals surface area contributed by atoms with Gasteiger partial charge in [-0.25, -0.2) is 0 Å². The van der Waals surface area contributed by atoms with Crippen LogP contribution in [0, 0.1) is 5.92 Å². The molecule has 0 aromatic heterocycles. The van der Waals surface area contributed by atoms with E-state index < -0.39 is 0 Å². The molecule has 2 aliphatic heterocycles. The predicted molar refractivity (Wildman–Crippen MR) is 111 cm³/mol. The summed E-state index contributed by atoms with van der Waals surface area (Å²) in [5.74, 6) is 0.627. The molecule has 28 heavy (non-hydrogen) atoms. The maximum Gasteiger partial charge on any atom is 0.222 e. The second-order valence-corrected chi connectivity index (χ2v) is 8.21. The maximum atomic E-state index is 12.6. The highest BCUT2D eigenvalue weighted by Crippen LogP contribution is 2.22. The number of piperazine rings is 1. The van der Waals surface area contributed by atoms with Crippen molar-refractivity contribution in [1.29, 1.82) is 0 Å². The van der Waals surface area contributed by atoms with E-state index in [0.29, 0.717) is 24.7 Å². The molecule has 6 heteroatoms. The van der Waals surface area contributed by atoms with Crippen molar-refractivity contribution < 1.29 is 9.59 Å². The minimum absolute atomic E-state index is 0.233. The van der Waals surface area contributed by atoms with Crippen LogP contribution in [0.5, 0.6) is 0 Å². The first-order valence-electron chi connectivity index (χ1n) is 10.6. The fraction of sp³-hybridized carbons (Fsp3) is 0.636. The van der Waals surface area contributed by atoms with Crippen molar-refractivity contribution in [2.45, 2.75) is 38.6 Å². The van der Waals surface area contributed by atoms with Gasteiger partial charge in [0, 0.05) is 58.7 Å². The van der Waals surface area contributed by atoms with E-state index >= 15 is 0 Å². The van der Waals surface area contributed by atoms with Crippen molar-refractivity contribution in [1.82, 2.24) is 14.7 Å². The van der Waals surface area contributed by atoms with Crippen LogP contribution in [0.3, 0.4) is 0 Å². The summed E-state index contributed by atoms with van der Waals surface area (Å²) in [6, 6.07) is 10.5. The smallest absolute Gasteiger partial charge is 0.222 e. The van der Waals surface area contributed by atoms with Crippen molar-refractivity contribution in [3.8, 4) is 0 Å². The standard InChI is InChI=1S/C22H34N4O2/c23-21(27)10-12-24-11-4-7-20(18-24)8-9-22(28)26-15-13-25(14-16-26)17-19-5-2-1-3-6-19/h1-3,5-6,20H,4,7-18H2,(H2,23,27)/t20-/m1/s1. The van der Waals surface area contributed by atoms with Crippen LogP contribution >= 0.6 is 0 Å². The lowest BCUT2D eigenvalue weighted by molar-refractivity contribution is -0.133. The summed E-state index contributed by atoms with van der Waals surface area (Å²) in [4.78, 5) is 30.4. The van der Waals surface area contributed by atoms with Gasteiger partial charge >= 0.3 is 0 Å². The maximum absolute atomic E-state index is 12.6. The number of nitrogens with two attached hydrogens (primary N) is 1. The molecule has 0 aliphatic carbocycles. The van der Waals surface area contributed by atoms with Crippen molar-refractivity contribution in [3.05, 3.63) is 35.9 Å². The Kier molecular flexibility index (Phi) is 7.86. The van der Waals surface area contributed by atoms with E-state index in [2.05, 4.69) is 34.1 Å². The van der Waals surface area contributed by atoms with Crippen molar-refractivity contribution in [3.63, 3.8) is 0 Å². The van der Waals surface area contributed by atoms with Gasteiger partial charge in [0.25, 0.3) is 0 Å². The van der Waals surface area contributed by atoms with E-state index in [4.69, 9.17) is 5.73 Å². The summed E-state index contributed by atoms with van der Waals surface area (Å²) in [5, 5.41) is 0. The number of amides is 2. The van der Waals surface area contributed by atoms with Crippen LogP contribution < -0.4 is 5.73 Å². The first kappa shape index (κ1) is 20.8. The minimum atomic E-state index is -0.233. The van der Waals surface area contributed by atoms with Gasteiger partial charge in [-0.3, -0.25) is 14.5 Å². The molecule has 6 nitrogen and oxygen atoms in total. The average molecular weight is 387 g/mol. The van der Waals surface area contributed by atoms with Crippen LogP contribution in [0.2, 0.25) is 0 Å². The van der Waals surface area contributed by atoms with E-state index in [1.807, 2.05) is 11.0 Å². The van der Waals surface area contributed by atoms with Crippen LogP contribution in [0.25, 0.3) is 0 Å². The topological polar surface area (TPSA) is 69.9 Å². The van der Waals surface area contributed by atoms with Gasteiger partial charge < -0.3 is 15.5 Å². The molecule has 1 aromatic rings. The zero-order chi connectivity index (χ0) is 19.8. The molecule has 0 spiro atoms. The molecule has 154 valence electrons. The Hall–Kier alpha value is -1.92. The molecule has 2 heterocycles. The Morgan fingerprint density at radius 2 is 1.71 bits per heavy atom. The van der Waals surface area contributed by atoms with Crippen molar-refractivity contribution in [2.24, 2.45) is 11.7 Å². The normalized spacial score (nSPS) is 21.6. The third-order valence-corrected chi connectivity index (χ3v) is 6.02. The number of hydrogen-bond acceptors (Lipinski definition) is 4. The van der Waals surface area contributed by atoms with Crippen molar-refractivity contribution >= 4 is 11.8 Å². The Balaban J connectivity index is 1.34. The van der Waals surface area contributed by atoms with Gasteiger partial charge in [-0.2, -0.15) is 0 Å². The zero-order valence-corrected chi connectivity index (χ0v) is 16.9. The molecule has 1 aromatic carbocycles. The van der Waals surface area contributed by atoms with Crippen LogP contribution in [0.1, 0.15) is 37.7 Å². The van der Waals surface area contributed by atoms with E-state index in [-0.39, 0.29) is 5.91 Å². The molecule has 1 atom stereocenters. The van der Waals surface area contributed by atoms with Gasteiger partial charge in [0.05, 0.1) is 0 Å². The van der Waals surface area contributed by atoms with E-state index in [0.717, 1.165) is 65.2 Å². The number of piperidine rings is 1. The fourth-order valence-electron chi connectivity index (χ4n) is 4.34. The number of likely N-dealkylation sites (tertiary alicyclic amines) is 1. The largest absolute Gasteiger partial charge is 0.370 e. The molecular formula is C22H34N4O2. The number of hydrogen-bond donors (Lipinski definition) is 1. The zero-order valence-electron chi connectivity index (χ0n) is 16.9. The second-order valence-electron chi connectivity index (χ2n) is 8.21. The summed E-state index contributed by atoms with van der Waals surface area (Å²) >= 11 is 0. The third-order valence-electron chi connectivity index (χ3n) is 6.02. The quantitative estimate of drug-likeness (QED) is 0.738. The van der Waals surface area contributed by atoms with Gasteiger partial charge in [0.1, 0.15) is 0 Å². The Morgan fingerprint density at radius 3 is 2.43 bits per heavy atom. The van der Waals surface area contributed by atoms with Crippen LogP contribution in [-0.2, 0) is 16.1 Å². The lowest BCUT2D eigenvalue weighted by Gasteiger charge is -2.36. The summed E-state index contributed by atoms with van der Waals surface area (Å²) in [6.07, 6.45) is 4.36. The molecule has 0 saturated carbocycles. The number of carbonyl (C=O) groups is 2. The number of nitrogens with zero attached hydrogens (tertiary/aromatic N) is 3. The summed E-state index contributed by atoms with van der Waals surface area (Å²) in [7, 11) is 0. The minimum Gasteiger partial charge on any atom is -0.370 e. The van der Waals surface area contributed by atoms with Crippen LogP contribution in [-0.4, -0.2) is 72.3 Å². The lowest BCUT2D eigenvalue weighted by Crippen LogP contribution is -2.48. The van der Waals surface area contributed by atoms with Gasteiger partial charge in [-0.05, 0) is 37.3 Å². The lowest BCUT2D eigenvalue weighted by atomic mass is 9.93. The highest BCUT2D eigenvalue weighted by atomic mass is 16.2. The van der Waals surface area contributed by atoms with Gasteiger partial charge in [-0.1, -0.05) is 30.3 Å². The highest BCUT2D eigenvalue weighted by molar-refractivity contribution is 5.76.